The zero-order valence-electron chi connectivity index (χ0n) is 19.6. The fraction of sp³-hybridized carbons (Fsp3) is 0.320. The van der Waals surface area contributed by atoms with E-state index < -0.39 is 0 Å². The Labute approximate surface area is 198 Å². The highest BCUT2D eigenvalue weighted by atomic mass is 16.5. The van der Waals surface area contributed by atoms with Crippen LogP contribution in [0, 0.1) is 13.8 Å². The first-order valence-corrected chi connectivity index (χ1v) is 11.4. The largest absolute Gasteiger partial charge is 0.336 e. The SMILES string of the molecule is Cc1ccc(-c2noc(-c3nc(C)n(Cc4cccc(C(=O)N5CCN(C)CC5)c4)n3)n2)cc1. The van der Waals surface area contributed by atoms with Crippen molar-refractivity contribution in [3.05, 3.63) is 71.0 Å². The molecule has 0 spiro atoms. The number of likely N-dealkylation sites (N-methyl/N-ethyl adjacent to an activating group) is 1. The lowest BCUT2D eigenvalue weighted by atomic mass is 10.1. The summed E-state index contributed by atoms with van der Waals surface area (Å²) in [5, 5.41) is 8.65. The van der Waals surface area contributed by atoms with E-state index in [1.807, 2.05) is 67.3 Å². The zero-order valence-corrected chi connectivity index (χ0v) is 19.6. The molecule has 1 aliphatic heterocycles. The summed E-state index contributed by atoms with van der Waals surface area (Å²) in [6, 6.07) is 15.6. The van der Waals surface area contributed by atoms with E-state index in [2.05, 4.69) is 32.2 Å². The Morgan fingerprint density at radius 2 is 1.74 bits per heavy atom. The lowest BCUT2D eigenvalue weighted by molar-refractivity contribution is 0.0664. The van der Waals surface area contributed by atoms with Crippen molar-refractivity contribution < 1.29 is 9.32 Å². The maximum Gasteiger partial charge on any atom is 0.297 e. The summed E-state index contributed by atoms with van der Waals surface area (Å²) in [6.45, 7) is 7.69. The third kappa shape index (κ3) is 4.60. The number of hydrogen-bond donors (Lipinski definition) is 0. The van der Waals surface area contributed by atoms with Crippen molar-refractivity contribution in [1.82, 2.24) is 34.7 Å². The molecule has 2 aromatic carbocycles. The number of aromatic nitrogens is 5. The number of amides is 1. The first kappa shape index (κ1) is 22.0. The van der Waals surface area contributed by atoms with Crippen LogP contribution >= 0.6 is 0 Å². The second-order valence-electron chi connectivity index (χ2n) is 8.73. The highest BCUT2D eigenvalue weighted by Gasteiger charge is 2.21. The van der Waals surface area contributed by atoms with Gasteiger partial charge in [0, 0.05) is 37.3 Å². The van der Waals surface area contributed by atoms with Crippen LogP contribution in [-0.4, -0.2) is 73.8 Å². The van der Waals surface area contributed by atoms with Crippen LogP contribution < -0.4 is 0 Å². The van der Waals surface area contributed by atoms with Crippen LogP contribution in [0.25, 0.3) is 23.1 Å². The summed E-state index contributed by atoms with van der Waals surface area (Å²) in [5.74, 6) is 1.95. The van der Waals surface area contributed by atoms with Gasteiger partial charge in [0.2, 0.25) is 11.6 Å². The standard InChI is InChI=1S/C25H27N7O2/c1-17-7-9-20(10-8-17)22-27-24(34-29-22)23-26-18(2)32(28-23)16-19-5-4-6-21(15-19)25(33)31-13-11-30(3)12-14-31/h4-10,15H,11-14,16H2,1-3H3. The Hall–Kier alpha value is -3.85. The number of carbonyl (C=O) groups is 1. The number of rotatable bonds is 5. The molecule has 0 aliphatic carbocycles. The summed E-state index contributed by atoms with van der Waals surface area (Å²) in [6.07, 6.45) is 0. The highest BCUT2D eigenvalue weighted by Crippen LogP contribution is 2.21. The van der Waals surface area contributed by atoms with Crippen molar-refractivity contribution in [3.63, 3.8) is 0 Å². The van der Waals surface area contributed by atoms with Crippen LogP contribution in [0.3, 0.4) is 0 Å². The number of piperazine rings is 1. The topological polar surface area (TPSA) is 93.2 Å². The van der Waals surface area contributed by atoms with Gasteiger partial charge in [0.1, 0.15) is 5.82 Å². The summed E-state index contributed by atoms with van der Waals surface area (Å²) in [7, 11) is 2.08. The van der Waals surface area contributed by atoms with Crippen LogP contribution in [0.4, 0.5) is 0 Å². The van der Waals surface area contributed by atoms with E-state index in [9.17, 15) is 4.79 Å². The molecule has 1 fully saturated rings. The molecule has 0 radical (unpaired) electrons. The van der Waals surface area contributed by atoms with Gasteiger partial charge in [-0.2, -0.15) is 4.98 Å². The molecule has 0 atom stereocenters. The van der Waals surface area contributed by atoms with Gasteiger partial charge in [-0.3, -0.25) is 4.79 Å². The van der Waals surface area contributed by atoms with E-state index in [0.717, 1.165) is 48.7 Å². The molecule has 0 unspecified atom stereocenters. The normalized spacial score (nSPS) is 14.5. The van der Waals surface area contributed by atoms with Crippen molar-refractivity contribution >= 4 is 5.91 Å². The maximum absolute atomic E-state index is 13.0. The fourth-order valence-corrected chi connectivity index (χ4v) is 3.96. The number of aryl methyl sites for hydroxylation is 2. The van der Waals surface area contributed by atoms with Gasteiger partial charge in [0.15, 0.2) is 0 Å². The van der Waals surface area contributed by atoms with Gasteiger partial charge in [-0.05, 0) is 38.6 Å². The number of benzene rings is 2. The Morgan fingerprint density at radius 1 is 0.971 bits per heavy atom. The molecule has 34 heavy (non-hydrogen) atoms. The molecule has 0 saturated carbocycles. The average Bonchev–Trinajstić information content (AvgIpc) is 3.47. The second-order valence-corrected chi connectivity index (χ2v) is 8.73. The number of carbonyl (C=O) groups excluding carboxylic acids is 1. The van der Waals surface area contributed by atoms with Gasteiger partial charge < -0.3 is 14.3 Å². The van der Waals surface area contributed by atoms with E-state index in [1.165, 1.54) is 0 Å². The summed E-state index contributed by atoms with van der Waals surface area (Å²) in [5.41, 5.74) is 3.71. The molecule has 5 rings (SSSR count). The highest BCUT2D eigenvalue weighted by molar-refractivity contribution is 5.94. The lowest BCUT2D eigenvalue weighted by Gasteiger charge is -2.32. The van der Waals surface area contributed by atoms with E-state index in [0.29, 0.717) is 23.8 Å². The Balaban J connectivity index is 1.32. The molecule has 1 saturated heterocycles. The predicted molar refractivity (Wildman–Crippen MR) is 127 cm³/mol. The molecule has 3 heterocycles. The Kier molecular flexibility index (Phi) is 5.93. The fourth-order valence-electron chi connectivity index (χ4n) is 3.96. The molecule has 1 amide bonds. The van der Waals surface area contributed by atoms with Crippen molar-refractivity contribution in [3.8, 4) is 23.1 Å². The minimum absolute atomic E-state index is 0.0699. The average molecular weight is 458 g/mol. The third-order valence-corrected chi connectivity index (χ3v) is 6.08. The Bertz CT molecular complexity index is 1300. The van der Waals surface area contributed by atoms with Gasteiger partial charge in [0.25, 0.3) is 11.8 Å². The van der Waals surface area contributed by atoms with Crippen LogP contribution in [0.15, 0.2) is 53.1 Å². The first-order chi connectivity index (χ1) is 16.5. The van der Waals surface area contributed by atoms with Crippen molar-refractivity contribution in [2.45, 2.75) is 20.4 Å². The molecule has 0 N–H and O–H groups in total. The minimum Gasteiger partial charge on any atom is -0.336 e. The second kappa shape index (κ2) is 9.18. The molecule has 9 nitrogen and oxygen atoms in total. The molecular formula is C25H27N7O2. The molecule has 2 aromatic heterocycles. The first-order valence-electron chi connectivity index (χ1n) is 11.4. The van der Waals surface area contributed by atoms with E-state index >= 15 is 0 Å². The van der Waals surface area contributed by atoms with E-state index in [1.54, 1.807) is 4.68 Å². The number of nitrogens with zero attached hydrogens (tertiary/aromatic N) is 7. The summed E-state index contributed by atoms with van der Waals surface area (Å²) < 4.78 is 7.21. The van der Waals surface area contributed by atoms with Crippen LogP contribution in [-0.2, 0) is 6.54 Å². The zero-order chi connectivity index (χ0) is 23.7. The Morgan fingerprint density at radius 3 is 2.50 bits per heavy atom. The van der Waals surface area contributed by atoms with Gasteiger partial charge >= 0.3 is 0 Å². The number of hydrogen-bond acceptors (Lipinski definition) is 7. The smallest absolute Gasteiger partial charge is 0.297 e. The molecule has 0 bridgehead atoms. The molecule has 9 heteroatoms. The lowest BCUT2D eigenvalue weighted by Crippen LogP contribution is -2.47. The van der Waals surface area contributed by atoms with Crippen molar-refractivity contribution in [1.29, 1.82) is 0 Å². The summed E-state index contributed by atoms with van der Waals surface area (Å²) in [4.78, 5) is 26.1. The molecule has 1 aliphatic rings. The predicted octanol–water partition coefficient (Wildman–Crippen LogP) is 3.05. The van der Waals surface area contributed by atoms with Gasteiger partial charge in [-0.1, -0.05) is 47.1 Å². The van der Waals surface area contributed by atoms with E-state index in [4.69, 9.17) is 4.52 Å². The molecular weight excluding hydrogens is 430 g/mol. The monoisotopic (exact) mass is 457 g/mol. The van der Waals surface area contributed by atoms with Crippen molar-refractivity contribution in [2.24, 2.45) is 0 Å². The third-order valence-electron chi connectivity index (χ3n) is 6.08. The summed E-state index contributed by atoms with van der Waals surface area (Å²) >= 11 is 0. The van der Waals surface area contributed by atoms with Crippen LogP contribution in [0.5, 0.6) is 0 Å². The minimum atomic E-state index is 0.0699. The van der Waals surface area contributed by atoms with Gasteiger partial charge in [-0.25, -0.2) is 9.67 Å². The molecule has 174 valence electrons. The van der Waals surface area contributed by atoms with Crippen molar-refractivity contribution in [2.75, 3.05) is 33.2 Å². The van der Waals surface area contributed by atoms with Crippen LogP contribution in [0.2, 0.25) is 0 Å². The quantitative estimate of drug-likeness (QED) is 0.455. The van der Waals surface area contributed by atoms with Gasteiger partial charge in [0.05, 0.1) is 6.54 Å². The molecule has 4 aromatic rings. The van der Waals surface area contributed by atoms with E-state index in [-0.39, 0.29) is 11.8 Å². The van der Waals surface area contributed by atoms with Crippen LogP contribution in [0.1, 0.15) is 27.3 Å². The maximum atomic E-state index is 13.0. The van der Waals surface area contributed by atoms with Gasteiger partial charge in [-0.15, -0.1) is 5.10 Å².